The number of aromatic amines is 1. The Hall–Kier alpha value is -2.95. The highest BCUT2D eigenvalue weighted by molar-refractivity contribution is 5.93. The third kappa shape index (κ3) is 8.75. The van der Waals surface area contributed by atoms with E-state index in [1.54, 1.807) is 20.0 Å². The molecule has 0 fully saturated rings. The number of hydrogen-bond acceptors (Lipinski definition) is 6. The van der Waals surface area contributed by atoms with Crippen molar-refractivity contribution in [2.45, 2.75) is 71.6 Å². The molecule has 4 atom stereocenters. The molecular formula is C20H34N6O5. The van der Waals surface area contributed by atoms with Gasteiger partial charge in [-0.05, 0) is 25.2 Å². The maximum atomic E-state index is 12.7. The fraction of sp³-hybridized carbons (Fsp3) is 0.650. The first-order chi connectivity index (χ1) is 14.4. The van der Waals surface area contributed by atoms with Crippen molar-refractivity contribution in [1.29, 1.82) is 0 Å². The van der Waals surface area contributed by atoms with Crippen molar-refractivity contribution in [1.82, 2.24) is 25.9 Å². The van der Waals surface area contributed by atoms with E-state index in [4.69, 9.17) is 5.73 Å². The molecule has 11 nitrogen and oxygen atoms in total. The Balaban J connectivity index is 2.74. The highest BCUT2D eigenvalue weighted by Crippen LogP contribution is 2.07. The van der Waals surface area contributed by atoms with Crippen molar-refractivity contribution < 1.29 is 24.3 Å². The lowest BCUT2D eigenvalue weighted by molar-refractivity contribution is -0.143. The zero-order valence-electron chi connectivity index (χ0n) is 18.6. The van der Waals surface area contributed by atoms with Crippen molar-refractivity contribution in [3.8, 4) is 0 Å². The quantitative estimate of drug-likeness (QED) is 0.255. The van der Waals surface area contributed by atoms with E-state index < -0.39 is 47.9 Å². The number of nitrogens with two attached hydrogens (primary N) is 1. The number of nitrogens with zero attached hydrogens (tertiary/aromatic N) is 1. The van der Waals surface area contributed by atoms with Gasteiger partial charge in [-0.15, -0.1) is 0 Å². The summed E-state index contributed by atoms with van der Waals surface area (Å²) in [5.74, 6) is -3.07. The van der Waals surface area contributed by atoms with Crippen LogP contribution in [0.4, 0.5) is 0 Å². The number of carboxylic acid groups (broad SMARTS) is 1. The summed E-state index contributed by atoms with van der Waals surface area (Å²) in [7, 11) is 0. The molecule has 0 saturated carbocycles. The molecular weight excluding hydrogens is 404 g/mol. The van der Waals surface area contributed by atoms with Crippen LogP contribution in [-0.2, 0) is 25.6 Å². The summed E-state index contributed by atoms with van der Waals surface area (Å²) in [5, 5.41) is 16.8. The standard InChI is InChI=1S/C20H34N6O5/c1-10(2)6-15(25-18(28)14(21)7-13-8-22-9-23-13)19(29)24-12(5)17(27)26-16(11(3)4)20(30)31/h8-12,14-16H,6-7,21H2,1-5H3,(H,22,23)(H,24,29)(H,25,28)(H,26,27)(H,30,31). The molecule has 174 valence electrons. The average Bonchev–Trinajstić information content (AvgIpc) is 3.17. The molecule has 1 rings (SSSR count). The van der Waals surface area contributed by atoms with Crippen LogP contribution in [0.1, 0.15) is 46.7 Å². The molecule has 31 heavy (non-hydrogen) atoms. The second kappa shape index (κ2) is 12.0. The van der Waals surface area contributed by atoms with E-state index in [0.29, 0.717) is 12.1 Å². The lowest BCUT2D eigenvalue weighted by Crippen LogP contribution is -2.57. The predicted octanol–water partition coefficient (Wildman–Crippen LogP) is -0.459. The molecule has 0 spiro atoms. The van der Waals surface area contributed by atoms with Gasteiger partial charge in [-0.2, -0.15) is 0 Å². The lowest BCUT2D eigenvalue weighted by atomic mass is 10.0. The van der Waals surface area contributed by atoms with Crippen molar-refractivity contribution in [2.75, 3.05) is 0 Å². The Morgan fingerprint density at radius 2 is 1.68 bits per heavy atom. The summed E-state index contributed by atoms with van der Waals surface area (Å²) in [5.41, 5.74) is 6.63. The number of imidazole rings is 1. The molecule has 1 aromatic rings. The molecule has 0 aromatic carbocycles. The van der Waals surface area contributed by atoms with Gasteiger partial charge in [0.15, 0.2) is 0 Å². The van der Waals surface area contributed by atoms with E-state index in [1.807, 2.05) is 13.8 Å². The van der Waals surface area contributed by atoms with Gasteiger partial charge in [-0.1, -0.05) is 27.7 Å². The lowest BCUT2D eigenvalue weighted by Gasteiger charge is -2.25. The van der Waals surface area contributed by atoms with E-state index in [9.17, 15) is 24.3 Å². The first-order valence-corrected chi connectivity index (χ1v) is 10.3. The molecule has 3 amide bonds. The fourth-order valence-corrected chi connectivity index (χ4v) is 2.88. The Kier molecular flexibility index (Phi) is 10.1. The van der Waals surface area contributed by atoms with Crippen molar-refractivity contribution >= 4 is 23.7 Å². The number of amides is 3. The predicted molar refractivity (Wildman–Crippen MR) is 114 cm³/mol. The molecule has 7 N–H and O–H groups in total. The monoisotopic (exact) mass is 438 g/mol. The molecule has 0 aliphatic heterocycles. The minimum Gasteiger partial charge on any atom is -0.480 e. The summed E-state index contributed by atoms with van der Waals surface area (Å²) >= 11 is 0. The Morgan fingerprint density at radius 1 is 1.03 bits per heavy atom. The van der Waals surface area contributed by atoms with E-state index in [2.05, 4.69) is 25.9 Å². The maximum absolute atomic E-state index is 12.7. The van der Waals surface area contributed by atoms with E-state index in [1.165, 1.54) is 13.3 Å². The Morgan fingerprint density at radius 3 is 2.16 bits per heavy atom. The zero-order valence-corrected chi connectivity index (χ0v) is 18.6. The van der Waals surface area contributed by atoms with Gasteiger partial charge in [-0.25, -0.2) is 9.78 Å². The fourth-order valence-electron chi connectivity index (χ4n) is 2.88. The topological polar surface area (TPSA) is 179 Å². The highest BCUT2D eigenvalue weighted by atomic mass is 16.4. The van der Waals surface area contributed by atoms with Gasteiger partial charge in [0.05, 0.1) is 12.4 Å². The molecule has 0 radical (unpaired) electrons. The van der Waals surface area contributed by atoms with Gasteiger partial charge < -0.3 is 31.8 Å². The average molecular weight is 439 g/mol. The molecule has 1 heterocycles. The number of nitrogens with one attached hydrogen (secondary N) is 4. The van der Waals surface area contributed by atoms with Crippen LogP contribution in [0, 0.1) is 11.8 Å². The zero-order chi connectivity index (χ0) is 23.7. The van der Waals surface area contributed by atoms with Gasteiger partial charge in [0.25, 0.3) is 0 Å². The van der Waals surface area contributed by atoms with Crippen LogP contribution in [-0.4, -0.2) is 62.9 Å². The molecule has 0 aliphatic carbocycles. The number of carbonyl (C=O) groups is 4. The number of carboxylic acids is 1. The van der Waals surface area contributed by atoms with Crippen molar-refractivity contribution in [2.24, 2.45) is 17.6 Å². The second-order valence-corrected chi connectivity index (χ2v) is 8.38. The number of carbonyl (C=O) groups excluding carboxylic acids is 3. The first-order valence-electron chi connectivity index (χ1n) is 10.3. The number of aromatic nitrogens is 2. The molecule has 0 saturated heterocycles. The van der Waals surface area contributed by atoms with E-state index >= 15 is 0 Å². The number of rotatable bonds is 12. The maximum Gasteiger partial charge on any atom is 0.326 e. The number of hydrogen-bond donors (Lipinski definition) is 6. The molecule has 11 heteroatoms. The van der Waals surface area contributed by atoms with Crippen molar-refractivity contribution in [3.63, 3.8) is 0 Å². The summed E-state index contributed by atoms with van der Waals surface area (Å²) < 4.78 is 0. The van der Waals surface area contributed by atoms with E-state index in [0.717, 1.165) is 0 Å². The van der Waals surface area contributed by atoms with E-state index in [-0.39, 0.29) is 18.3 Å². The summed E-state index contributed by atoms with van der Waals surface area (Å²) in [6.07, 6.45) is 3.61. The van der Waals surface area contributed by atoms with Gasteiger partial charge in [-0.3, -0.25) is 14.4 Å². The third-order valence-corrected chi connectivity index (χ3v) is 4.65. The first kappa shape index (κ1) is 26.1. The Labute approximate surface area is 181 Å². The Bertz CT molecular complexity index is 749. The van der Waals surface area contributed by atoms with Crippen LogP contribution in [0.2, 0.25) is 0 Å². The van der Waals surface area contributed by atoms with Crippen LogP contribution in [0.5, 0.6) is 0 Å². The summed E-state index contributed by atoms with van der Waals surface area (Å²) in [4.78, 5) is 55.6. The SMILES string of the molecule is CC(C)CC(NC(=O)C(N)Cc1cnc[nH]1)C(=O)NC(C)C(=O)NC(C(=O)O)C(C)C. The number of H-pyrrole nitrogens is 1. The third-order valence-electron chi connectivity index (χ3n) is 4.65. The van der Waals surface area contributed by atoms with Crippen molar-refractivity contribution in [3.05, 3.63) is 18.2 Å². The summed E-state index contributed by atoms with van der Waals surface area (Å²) in [6.45, 7) is 8.58. The molecule has 0 aliphatic rings. The normalized spacial score (nSPS) is 15.1. The molecule has 0 bridgehead atoms. The van der Waals surface area contributed by atoms with Gasteiger partial charge in [0.2, 0.25) is 17.7 Å². The van der Waals surface area contributed by atoms with Gasteiger partial charge in [0.1, 0.15) is 18.1 Å². The summed E-state index contributed by atoms with van der Waals surface area (Å²) in [6, 6.07) is -3.83. The molecule has 1 aromatic heterocycles. The smallest absolute Gasteiger partial charge is 0.326 e. The van der Waals surface area contributed by atoms with Crippen LogP contribution in [0.3, 0.4) is 0 Å². The van der Waals surface area contributed by atoms with Crippen LogP contribution in [0.15, 0.2) is 12.5 Å². The molecule has 4 unspecified atom stereocenters. The van der Waals surface area contributed by atoms with Crippen LogP contribution >= 0.6 is 0 Å². The number of aliphatic carboxylic acids is 1. The minimum atomic E-state index is -1.15. The minimum absolute atomic E-state index is 0.0846. The largest absolute Gasteiger partial charge is 0.480 e. The highest BCUT2D eigenvalue weighted by Gasteiger charge is 2.29. The van der Waals surface area contributed by atoms with Gasteiger partial charge >= 0.3 is 5.97 Å². The van der Waals surface area contributed by atoms with Crippen LogP contribution in [0.25, 0.3) is 0 Å². The van der Waals surface area contributed by atoms with Gasteiger partial charge in [0, 0.05) is 18.3 Å². The van der Waals surface area contributed by atoms with Crippen LogP contribution < -0.4 is 21.7 Å². The second-order valence-electron chi connectivity index (χ2n) is 8.38.